The van der Waals surface area contributed by atoms with Crippen molar-refractivity contribution in [2.45, 2.75) is 0 Å². The van der Waals surface area contributed by atoms with E-state index in [4.69, 9.17) is 9.84 Å². The van der Waals surface area contributed by atoms with Crippen molar-refractivity contribution in [3.63, 3.8) is 0 Å². The molecule has 0 aromatic heterocycles. The molecule has 0 rings (SSSR count). The van der Waals surface area contributed by atoms with Crippen LogP contribution in [0.2, 0.25) is 0 Å². The van der Waals surface area contributed by atoms with Crippen LogP contribution in [0.3, 0.4) is 0 Å². The van der Waals surface area contributed by atoms with Crippen molar-refractivity contribution in [2.75, 3.05) is 13.2 Å². The summed E-state index contributed by atoms with van der Waals surface area (Å²) in [6, 6.07) is 0. The van der Waals surface area contributed by atoms with E-state index < -0.39 is 5.97 Å². The molecule has 0 heterocycles. The van der Waals surface area contributed by atoms with Crippen LogP contribution < -0.4 is 0 Å². The molecule has 0 fully saturated rings. The third-order valence-corrected chi connectivity index (χ3v) is 0.814. The Labute approximate surface area is 95.7 Å². The van der Waals surface area contributed by atoms with Crippen LogP contribution in [0.25, 0.3) is 0 Å². The maximum atomic E-state index is 10.1. The molecule has 0 saturated carbocycles. The monoisotopic (exact) mass is 184 g/mol. The second-order valence-corrected chi connectivity index (χ2v) is 1.71. The first-order valence-corrected chi connectivity index (χ1v) is 2.78. The summed E-state index contributed by atoms with van der Waals surface area (Å²) in [4.78, 5) is 10.1. The van der Waals surface area contributed by atoms with E-state index >= 15 is 0 Å². The third-order valence-electron chi connectivity index (χ3n) is 0.814. The average molecular weight is 184 g/mol. The van der Waals surface area contributed by atoms with E-state index in [-0.39, 0.29) is 49.9 Å². The number of carboxylic acid groups (broad SMARTS) is 1. The number of carbonyl (C=O) groups is 1. The van der Waals surface area contributed by atoms with Gasteiger partial charge in [0.15, 0.2) is 0 Å². The summed E-state index contributed by atoms with van der Waals surface area (Å²) in [6.07, 6.45) is 1.55. The Balaban J connectivity index is 0. The quantitative estimate of drug-likeness (QED) is 0.281. The molecule has 0 amide bonds. The molecule has 0 aromatic carbocycles. The Morgan fingerprint density at radius 3 is 2.55 bits per heavy atom. The number of rotatable bonds is 5. The molecular weight excluding hydrogens is 172 g/mol. The second-order valence-electron chi connectivity index (χ2n) is 1.71. The van der Waals surface area contributed by atoms with Crippen molar-refractivity contribution in [2.24, 2.45) is 0 Å². The Bertz CT molecular complexity index is 154. The van der Waals surface area contributed by atoms with Gasteiger partial charge in [0, 0.05) is 0 Å². The SMILES string of the molecule is C=CCOCC(=C)C(=O)O.[CaH2]. The van der Waals surface area contributed by atoms with Gasteiger partial charge in [-0.3, -0.25) is 0 Å². The van der Waals surface area contributed by atoms with Gasteiger partial charge >= 0.3 is 43.7 Å². The average Bonchev–Trinajstić information content (AvgIpc) is 1.88. The molecule has 1 N–H and O–H groups in total. The van der Waals surface area contributed by atoms with Gasteiger partial charge in [-0.05, 0) is 0 Å². The fraction of sp³-hybridized carbons (Fsp3) is 0.286. The Kier molecular flexibility index (Phi) is 10.3. The standard InChI is InChI=1S/C7H10O3.Ca.2H/c1-3-4-10-5-6(2)7(8)9;;;/h3H,1-2,4-5H2,(H,8,9);;;. The van der Waals surface area contributed by atoms with Crippen LogP contribution in [0.1, 0.15) is 0 Å². The molecule has 0 aliphatic rings. The van der Waals surface area contributed by atoms with Crippen LogP contribution in [0.4, 0.5) is 0 Å². The molecule has 0 radical (unpaired) electrons. The molecule has 0 spiro atoms. The van der Waals surface area contributed by atoms with E-state index in [1.807, 2.05) is 0 Å². The van der Waals surface area contributed by atoms with Crippen LogP contribution in [-0.4, -0.2) is 62.0 Å². The molecule has 60 valence electrons. The minimum absolute atomic E-state index is 0. The van der Waals surface area contributed by atoms with Crippen molar-refractivity contribution < 1.29 is 14.6 Å². The summed E-state index contributed by atoms with van der Waals surface area (Å²) in [5, 5.41) is 8.28. The number of carboxylic acids is 1. The summed E-state index contributed by atoms with van der Waals surface area (Å²) >= 11 is 0. The van der Waals surface area contributed by atoms with Crippen molar-refractivity contribution in [3.8, 4) is 0 Å². The molecule has 0 bridgehead atoms. The van der Waals surface area contributed by atoms with Crippen LogP contribution in [-0.2, 0) is 9.53 Å². The minimum atomic E-state index is -1.02. The number of hydrogen-bond acceptors (Lipinski definition) is 2. The summed E-state index contributed by atoms with van der Waals surface area (Å²) in [5.41, 5.74) is 0.0573. The van der Waals surface area contributed by atoms with Crippen molar-refractivity contribution >= 4 is 43.7 Å². The van der Waals surface area contributed by atoms with Crippen molar-refractivity contribution in [1.82, 2.24) is 0 Å². The maximum absolute atomic E-state index is 10.1. The summed E-state index contributed by atoms with van der Waals surface area (Å²) in [6.45, 7) is 7.08. The molecule has 3 nitrogen and oxygen atoms in total. The number of ether oxygens (including phenoxy) is 1. The van der Waals surface area contributed by atoms with Crippen molar-refractivity contribution in [1.29, 1.82) is 0 Å². The Morgan fingerprint density at radius 1 is 1.64 bits per heavy atom. The molecule has 0 atom stereocenters. The van der Waals surface area contributed by atoms with Gasteiger partial charge < -0.3 is 9.84 Å². The zero-order valence-electron chi connectivity index (χ0n) is 5.67. The van der Waals surface area contributed by atoms with Crippen LogP contribution >= 0.6 is 0 Å². The predicted molar refractivity (Wildman–Crippen MR) is 46.3 cm³/mol. The van der Waals surface area contributed by atoms with Gasteiger partial charge in [0.2, 0.25) is 0 Å². The fourth-order valence-electron chi connectivity index (χ4n) is 0.327. The summed E-state index contributed by atoms with van der Waals surface area (Å²) in [7, 11) is 0. The first-order valence-electron chi connectivity index (χ1n) is 2.78. The molecule has 4 heteroatoms. The van der Waals surface area contributed by atoms with Crippen LogP contribution in [0.15, 0.2) is 24.8 Å². The summed E-state index contributed by atoms with van der Waals surface area (Å²) in [5.74, 6) is -1.02. The van der Waals surface area contributed by atoms with Gasteiger partial charge in [0.1, 0.15) is 0 Å². The van der Waals surface area contributed by atoms with Gasteiger partial charge in [0.05, 0.1) is 18.8 Å². The van der Waals surface area contributed by atoms with Gasteiger partial charge in [-0.1, -0.05) is 12.7 Å². The Morgan fingerprint density at radius 2 is 2.18 bits per heavy atom. The zero-order valence-corrected chi connectivity index (χ0v) is 5.67. The molecule has 0 aromatic rings. The predicted octanol–water partition coefficient (Wildman–Crippen LogP) is -0.0864. The molecule has 0 aliphatic heterocycles. The Hall–Kier alpha value is 0.170. The first-order chi connectivity index (χ1) is 4.68. The van der Waals surface area contributed by atoms with Gasteiger partial charge in [-0.15, -0.1) is 6.58 Å². The third kappa shape index (κ3) is 8.07. The van der Waals surface area contributed by atoms with Crippen LogP contribution in [0, 0.1) is 0 Å². The van der Waals surface area contributed by atoms with E-state index in [1.54, 1.807) is 6.08 Å². The fourth-order valence-corrected chi connectivity index (χ4v) is 0.327. The molecule has 11 heavy (non-hydrogen) atoms. The van der Waals surface area contributed by atoms with E-state index in [2.05, 4.69) is 13.2 Å². The molecule has 0 saturated heterocycles. The topological polar surface area (TPSA) is 46.5 Å². The molecule has 0 unspecified atom stereocenters. The molecular formula is C7H12CaO3. The number of hydrogen-bond donors (Lipinski definition) is 1. The van der Waals surface area contributed by atoms with Crippen molar-refractivity contribution in [3.05, 3.63) is 24.8 Å². The van der Waals surface area contributed by atoms with E-state index in [0.717, 1.165) is 0 Å². The van der Waals surface area contributed by atoms with E-state index in [1.165, 1.54) is 0 Å². The van der Waals surface area contributed by atoms with Crippen LogP contribution in [0.5, 0.6) is 0 Å². The first kappa shape index (κ1) is 13.7. The molecule has 0 aliphatic carbocycles. The van der Waals surface area contributed by atoms with Gasteiger partial charge in [-0.25, -0.2) is 4.79 Å². The summed E-state index contributed by atoms with van der Waals surface area (Å²) < 4.78 is 4.81. The zero-order chi connectivity index (χ0) is 7.98. The van der Waals surface area contributed by atoms with E-state index in [9.17, 15) is 4.79 Å². The van der Waals surface area contributed by atoms with E-state index in [0.29, 0.717) is 6.61 Å². The second kappa shape index (κ2) is 8.27. The van der Waals surface area contributed by atoms with Gasteiger partial charge in [0.25, 0.3) is 0 Å². The number of aliphatic carboxylic acids is 1. The van der Waals surface area contributed by atoms with Gasteiger partial charge in [-0.2, -0.15) is 0 Å². The normalized spacial score (nSPS) is 8.00.